The van der Waals surface area contributed by atoms with Gasteiger partial charge in [-0.2, -0.15) is 13.2 Å². The van der Waals surface area contributed by atoms with Crippen LogP contribution in [0.2, 0.25) is 5.02 Å². The van der Waals surface area contributed by atoms with E-state index < -0.39 is 11.7 Å². The Hall–Kier alpha value is -1.04. The Bertz CT molecular complexity index is 511. The summed E-state index contributed by atoms with van der Waals surface area (Å²) in [4.78, 5) is 2.21. The first kappa shape index (κ1) is 17.3. The first-order valence-electron chi connectivity index (χ1n) is 7.35. The SMILES string of the molecule is C=CCC[C@@H](c1cc(Cl)cc(C(F)(F)F)c1)N1CCNCC1. The number of halogens is 4. The van der Waals surface area contributed by atoms with Gasteiger partial charge in [0.25, 0.3) is 0 Å². The van der Waals surface area contributed by atoms with Crippen LogP contribution in [0.4, 0.5) is 13.2 Å². The third-order valence-electron chi connectivity index (χ3n) is 3.87. The molecule has 1 heterocycles. The monoisotopic (exact) mass is 332 g/mol. The Morgan fingerprint density at radius 3 is 2.55 bits per heavy atom. The number of alkyl halides is 3. The van der Waals surface area contributed by atoms with Crippen LogP contribution in [0.1, 0.15) is 30.0 Å². The van der Waals surface area contributed by atoms with Crippen LogP contribution in [0.3, 0.4) is 0 Å². The van der Waals surface area contributed by atoms with Crippen molar-refractivity contribution in [2.24, 2.45) is 0 Å². The minimum atomic E-state index is -4.38. The van der Waals surface area contributed by atoms with Crippen LogP contribution in [0.25, 0.3) is 0 Å². The van der Waals surface area contributed by atoms with Gasteiger partial charge in [-0.15, -0.1) is 6.58 Å². The van der Waals surface area contributed by atoms with E-state index >= 15 is 0 Å². The molecule has 1 aromatic rings. The quantitative estimate of drug-likeness (QED) is 0.810. The van der Waals surface area contributed by atoms with Gasteiger partial charge in [0.1, 0.15) is 0 Å². The van der Waals surface area contributed by atoms with E-state index in [-0.39, 0.29) is 11.1 Å². The molecule has 2 nitrogen and oxygen atoms in total. The number of rotatable bonds is 5. The van der Waals surface area contributed by atoms with Gasteiger partial charge in [-0.05, 0) is 36.6 Å². The summed E-state index contributed by atoms with van der Waals surface area (Å²) in [6.45, 7) is 7.03. The van der Waals surface area contributed by atoms with Gasteiger partial charge in [0.15, 0.2) is 0 Å². The Labute approximate surface area is 133 Å². The number of hydrogen-bond donors (Lipinski definition) is 1. The molecule has 6 heteroatoms. The Kier molecular flexibility index (Phi) is 5.89. The van der Waals surface area contributed by atoms with E-state index in [4.69, 9.17) is 11.6 Å². The third kappa shape index (κ3) is 4.48. The highest BCUT2D eigenvalue weighted by Gasteiger charge is 2.32. The summed E-state index contributed by atoms with van der Waals surface area (Å²) in [5, 5.41) is 3.38. The van der Waals surface area contributed by atoms with E-state index in [0.717, 1.165) is 45.1 Å². The summed E-state index contributed by atoms with van der Waals surface area (Å²) in [5.41, 5.74) is -0.0580. The van der Waals surface area contributed by atoms with E-state index in [1.807, 2.05) is 0 Å². The highest BCUT2D eigenvalue weighted by molar-refractivity contribution is 6.30. The van der Waals surface area contributed by atoms with Crippen LogP contribution >= 0.6 is 11.6 Å². The van der Waals surface area contributed by atoms with Crippen LogP contribution in [0.15, 0.2) is 30.9 Å². The minimum Gasteiger partial charge on any atom is -0.314 e. The van der Waals surface area contributed by atoms with Crippen molar-refractivity contribution >= 4 is 11.6 Å². The molecule has 0 unspecified atom stereocenters. The molecular weight excluding hydrogens is 313 g/mol. The number of allylic oxidation sites excluding steroid dienone is 1. The molecule has 0 amide bonds. The number of nitrogens with one attached hydrogen (secondary N) is 1. The van der Waals surface area contributed by atoms with Crippen LogP contribution in [-0.2, 0) is 6.18 Å². The molecule has 1 fully saturated rings. The van der Waals surface area contributed by atoms with Gasteiger partial charge in [0, 0.05) is 37.2 Å². The number of benzene rings is 1. The zero-order valence-electron chi connectivity index (χ0n) is 12.3. The van der Waals surface area contributed by atoms with Gasteiger partial charge in [0.05, 0.1) is 5.56 Å². The van der Waals surface area contributed by atoms with E-state index in [9.17, 15) is 13.2 Å². The smallest absolute Gasteiger partial charge is 0.314 e. The summed E-state index contributed by atoms with van der Waals surface area (Å²) < 4.78 is 39.0. The molecule has 1 aliphatic rings. The molecule has 2 rings (SSSR count). The molecule has 0 bridgehead atoms. The molecule has 1 aromatic carbocycles. The summed E-state index contributed by atoms with van der Waals surface area (Å²) in [7, 11) is 0. The van der Waals surface area contributed by atoms with Crippen molar-refractivity contribution in [2.45, 2.75) is 25.1 Å². The van der Waals surface area contributed by atoms with E-state index in [0.29, 0.717) is 5.56 Å². The van der Waals surface area contributed by atoms with E-state index in [1.165, 1.54) is 6.07 Å². The molecule has 0 saturated carbocycles. The maximum atomic E-state index is 13.0. The van der Waals surface area contributed by atoms with Gasteiger partial charge in [-0.3, -0.25) is 4.90 Å². The molecular formula is C16H20ClF3N2. The first-order valence-corrected chi connectivity index (χ1v) is 7.73. The summed E-state index contributed by atoms with van der Waals surface area (Å²) in [6.07, 6.45) is -1.10. The molecule has 0 aliphatic carbocycles. The van der Waals surface area contributed by atoms with Crippen molar-refractivity contribution in [1.29, 1.82) is 0 Å². The van der Waals surface area contributed by atoms with Crippen LogP contribution in [0.5, 0.6) is 0 Å². The van der Waals surface area contributed by atoms with E-state index in [2.05, 4.69) is 16.8 Å². The molecule has 0 spiro atoms. The summed E-state index contributed by atoms with van der Waals surface area (Å²) in [6, 6.07) is 3.78. The van der Waals surface area contributed by atoms with Gasteiger partial charge in [0.2, 0.25) is 0 Å². The highest BCUT2D eigenvalue weighted by atomic mass is 35.5. The van der Waals surface area contributed by atoms with Crippen molar-refractivity contribution in [3.05, 3.63) is 47.0 Å². The maximum absolute atomic E-state index is 13.0. The average molecular weight is 333 g/mol. The summed E-state index contributed by atoms with van der Waals surface area (Å²) in [5.74, 6) is 0. The highest BCUT2D eigenvalue weighted by Crippen LogP contribution is 2.35. The van der Waals surface area contributed by atoms with Gasteiger partial charge < -0.3 is 5.32 Å². The molecule has 22 heavy (non-hydrogen) atoms. The molecule has 122 valence electrons. The first-order chi connectivity index (χ1) is 10.4. The fraction of sp³-hybridized carbons (Fsp3) is 0.500. The van der Waals surface area contributed by atoms with Crippen molar-refractivity contribution in [2.75, 3.05) is 26.2 Å². The van der Waals surface area contributed by atoms with E-state index in [1.54, 1.807) is 12.1 Å². The van der Waals surface area contributed by atoms with Gasteiger partial charge in [-0.1, -0.05) is 17.7 Å². The van der Waals surface area contributed by atoms with Crippen molar-refractivity contribution in [3.63, 3.8) is 0 Å². The van der Waals surface area contributed by atoms with Crippen LogP contribution in [0, 0.1) is 0 Å². The number of piperazine rings is 1. The lowest BCUT2D eigenvalue weighted by Crippen LogP contribution is -2.45. The van der Waals surface area contributed by atoms with Crippen molar-refractivity contribution in [3.8, 4) is 0 Å². The largest absolute Gasteiger partial charge is 0.416 e. The zero-order chi connectivity index (χ0) is 16.2. The second kappa shape index (κ2) is 7.49. The topological polar surface area (TPSA) is 15.3 Å². The molecule has 1 atom stereocenters. The lowest BCUT2D eigenvalue weighted by molar-refractivity contribution is -0.137. The fourth-order valence-electron chi connectivity index (χ4n) is 2.80. The Morgan fingerprint density at radius 1 is 1.27 bits per heavy atom. The van der Waals surface area contributed by atoms with Crippen molar-refractivity contribution < 1.29 is 13.2 Å². The number of nitrogens with zero attached hydrogens (tertiary/aromatic N) is 1. The normalized spacial score (nSPS) is 18.2. The van der Waals surface area contributed by atoms with Crippen LogP contribution < -0.4 is 5.32 Å². The predicted octanol–water partition coefficient (Wildman–Crippen LogP) is 4.27. The lowest BCUT2D eigenvalue weighted by Gasteiger charge is -2.35. The second-order valence-corrected chi connectivity index (χ2v) is 5.88. The Morgan fingerprint density at radius 2 is 1.95 bits per heavy atom. The molecule has 0 radical (unpaired) electrons. The molecule has 1 saturated heterocycles. The Balaban J connectivity index is 2.33. The predicted molar refractivity (Wildman–Crippen MR) is 83.1 cm³/mol. The zero-order valence-corrected chi connectivity index (χ0v) is 13.1. The lowest BCUT2D eigenvalue weighted by atomic mass is 9.97. The third-order valence-corrected chi connectivity index (χ3v) is 4.09. The minimum absolute atomic E-state index is 0.0695. The molecule has 1 aliphatic heterocycles. The molecule has 0 aromatic heterocycles. The standard InChI is InChI=1S/C16H20ClF3N2/c1-2-3-4-15(22-7-5-21-6-8-22)12-9-13(16(18,19)20)11-14(17)10-12/h2,9-11,15,21H,1,3-8H2/t15-/m0/s1. The molecule has 1 N–H and O–H groups in total. The maximum Gasteiger partial charge on any atom is 0.416 e. The summed E-state index contributed by atoms with van der Waals surface area (Å²) >= 11 is 5.92. The number of hydrogen-bond acceptors (Lipinski definition) is 2. The average Bonchev–Trinajstić information content (AvgIpc) is 2.47. The second-order valence-electron chi connectivity index (χ2n) is 5.44. The van der Waals surface area contributed by atoms with Gasteiger partial charge >= 0.3 is 6.18 Å². The fourth-order valence-corrected chi connectivity index (χ4v) is 3.04. The van der Waals surface area contributed by atoms with Crippen LogP contribution in [-0.4, -0.2) is 31.1 Å². The van der Waals surface area contributed by atoms with Crippen molar-refractivity contribution in [1.82, 2.24) is 10.2 Å². The van der Waals surface area contributed by atoms with Gasteiger partial charge in [-0.25, -0.2) is 0 Å².